The number of fused-ring (bicyclic) bond motifs is 1. The Morgan fingerprint density at radius 2 is 2.21 bits per heavy atom. The van der Waals surface area contributed by atoms with E-state index in [1.54, 1.807) is 6.07 Å². The lowest BCUT2D eigenvalue weighted by molar-refractivity contribution is 0.138. The zero-order valence-corrected chi connectivity index (χ0v) is 9.68. The van der Waals surface area contributed by atoms with Crippen molar-refractivity contribution in [3.05, 3.63) is 27.7 Å². The van der Waals surface area contributed by atoms with Gasteiger partial charge in [0.15, 0.2) is 0 Å². The second kappa shape index (κ2) is 2.99. The van der Waals surface area contributed by atoms with Crippen LogP contribution in [0.15, 0.2) is 16.6 Å². The van der Waals surface area contributed by atoms with Gasteiger partial charge in [-0.1, -0.05) is 15.9 Å². The molecule has 2 rings (SSSR count). The van der Waals surface area contributed by atoms with Gasteiger partial charge >= 0.3 is 0 Å². The summed E-state index contributed by atoms with van der Waals surface area (Å²) in [4.78, 5) is 0. The van der Waals surface area contributed by atoms with Gasteiger partial charge in [0.2, 0.25) is 0 Å². The molecule has 0 spiro atoms. The predicted octanol–water partition coefficient (Wildman–Crippen LogP) is 3.03. The lowest BCUT2D eigenvalue weighted by Gasteiger charge is -2.17. The summed E-state index contributed by atoms with van der Waals surface area (Å²) in [6.07, 6.45) is 0.858. The van der Waals surface area contributed by atoms with Crippen LogP contribution in [0.3, 0.4) is 0 Å². The molecule has 1 heterocycles. The predicted molar refractivity (Wildman–Crippen MR) is 57.3 cm³/mol. The third-order valence-electron chi connectivity index (χ3n) is 2.25. The number of rotatable bonds is 0. The second-order valence-corrected chi connectivity index (χ2v) is 5.01. The van der Waals surface area contributed by atoms with Crippen LogP contribution in [-0.2, 0) is 6.42 Å². The van der Waals surface area contributed by atoms with Crippen molar-refractivity contribution >= 4 is 15.9 Å². The highest BCUT2D eigenvalue weighted by Gasteiger charge is 2.32. The zero-order chi connectivity index (χ0) is 10.3. The van der Waals surface area contributed by atoms with E-state index in [4.69, 9.17) is 10.00 Å². The normalized spacial score (nSPS) is 17.0. The van der Waals surface area contributed by atoms with E-state index in [0.717, 1.165) is 22.2 Å². The number of halogens is 1. The van der Waals surface area contributed by atoms with Crippen molar-refractivity contribution in [3.63, 3.8) is 0 Å². The van der Waals surface area contributed by atoms with Gasteiger partial charge in [-0.3, -0.25) is 0 Å². The van der Waals surface area contributed by atoms with E-state index in [1.807, 2.05) is 19.9 Å². The largest absolute Gasteiger partial charge is 0.486 e. The quantitative estimate of drug-likeness (QED) is 0.711. The molecule has 0 N–H and O–H groups in total. The minimum absolute atomic E-state index is 0.186. The smallest absolute Gasteiger partial charge is 0.141 e. The summed E-state index contributed by atoms with van der Waals surface area (Å²) < 4.78 is 6.67. The Labute approximate surface area is 91.6 Å². The van der Waals surface area contributed by atoms with E-state index in [0.29, 0.717) is 5.56 Å². The Hall–Kier alpha value is -1.01. The van der Waals surface area contributed by atoms with Crippen molar-refractivity contribution in [3.8, 4) is 11.8 Å². The fourth-order valence-electron chi connectivity index (χ4n) is 1.76. The maximum Gasteiger partial charge on any atom is 0.141 e. The summed E-state index contributed by atoms with van der Waals surface area (Å²) in [5, 5.41) is 8.95. The third-order valence-corrected chi connectivity index (χ3v) is 2.70. The minimum Gasteiger partial charge on any atom is -0.486 e. The first-order valence-corrected chi connectivity index (χ1v) is 5.23. The Morgan fingerprint density at radius 3 is 2.86 bits per heavy atom. The summed E-state index contributed by atoms with van der Waals surface area (Å²) in [6, 6.07) is 5.96. The molecule has 1 aliphatic rings. The van der Waals surface area contributed by atoms with E-state index in [2.05, 4.69) is 22.0 Å². The Morgan fingerprint density at radius 1 is 1.50 bits per heavy atom. The molecule has 14 heavy (non-hydrogen) atoms. The highest BCUT2D eigenvalue weighted by atomic mass is 79.9. The molecule has 2 nitrogen and oxygen atoms in total. The standard InChI is InChI=1S/C11H10BrNO/c1-11(2)5-7-3-9(12)4-8(6-13)10(7)14-11/h3-4H,5H2,1-2H3. The molecule has 0 atom stereocenters. The van der Waals surface area contributed by atoms with Gasteiger partial charge in [0.1, 0.15) is 17.4 Å². The van der Waals surface area contributed by atoms with Crippen molar-refractivity contribution in [2.24, 2.45) is 0 Å². The number of nitriles is 1. The molecule has 1 aromatic rings. The Kier molecular flexibility index (Phi) is 2.04. The molecule has 1 aliphatic heterocycles. The van der Waals surface area contributed by atoms with Crippen LogP contribution in [0, 0.1) is 11.3 Å². The van der Waals surface area contributed by atoms with Gasteiger partial charge in [0.05, 0.1) is 5.56 Å². The minimum atomic E-state index is -0.186. The maximum atomic E-state index is 8.95. The van der Waals surface area contributed by atoms with E-state index in [1.165, 1.54) is 0 Å². The molecule has 0 aliphatic carbocycles. The van der Waals surface area contributed by atoms with E-state index in [-0.39, 0.29) is 5.60 Å². The molecule has 0 saturated carbocycles. The van der Waals surface area contributed by atoms with Gasteiger partial charge in [-0.15, -0.1) is 0 Å². The van der Waals surface area contributed by atoms with E-state index in [9.17, 15) is 0 Å². The fraction of sp³-hybridized carbons (Fsp3) is 0.364. The molecule has 1 aromatic carbocycles. The second-order valence-electron chi connectivity index (χ2n) is 4.09. The van der Waals surface area contributed by atoms with Gasteiger partial charge < -0.3 is 4.74 Å². The summed E-state index contributed by atoms with van der Waals surface area (Å²) in [5.74, 6) is 0.751. The molecule has 0 aromatic heterocycles. The van der Waals surface area contributed by atoms with Crippen LogP contribution in [0.2, 0.25) is 0 Å². The fourth-order valence-corrected chi connectivity index (χ4v) is 2.26. The SMILES string of the molecule is CC1(C)Cc2cc(Br)cc(C#N)c2O1. The molecule has 0 bridgehead atoms. The van der Waals surface area contributed by atoms with Crippen molar-refractivity contribution < 1.29 is 4.74 Å². The van der Waals surface area contributed by atoms with Crippen molar-refractivity contribution in [2.45, 2.75) is 25.9 Å². The highest BCUT2D eigenvalue weighted by molar-refractivity contribution is 9.10. The molecule has 0 radical (unpaired) electrons. The summed E-state index contributed by atoms with van der Waals surface area (Å²) in [7, 11) is 0. The van der Waals surface area contributed by atoms with Crippen LogP contribution in [0.1, 0.15) is 25.0 Å². The van der Waals surface area contributed by atoms with Crippen LogP contribution >= 0.6 is 15.9 Å². The lowest BCUT2D eigenvalue weighted by Crippen LogP contribution is -2.24. The average Bonchev–Trinajstić information content (AvgIpc) is 2.37. The van der Waals surface area contributed by atoms with Crippen LogP contribution < -0.4 is 4.74 Å². The number of hydrogen-bond acceptors (Lipinski definition) is 2. The van der Waals surface area contributed by atoms with Crippen LogP contribution in [0.5, 0.6) is 5.75 Å². The summed E-state index contributed by atoms with van der Waals surface area (Å²) in [5.41, 5.74) is 1.54. The average molecular weight is 252 g/mol. The molecule has 72 valence electrons. The highest BCUT2D eigenvalue weighted by Crippen LogP contribution is 2.39. The van der Waals surface area contributed by atoms with Gasteiger partial charge in [-0.2, -0.15) is 5.26 Å². The first-order valence-electron chi connectivity index (χ1n) is 4.43. The number of benzene rings is 1. The van der Waals surface area contributed by atoms with Crippen molar-refractivity contribution in [1.82, 2.24) is 0 Å². The Balaban J connectivity index is 2.58. The van der Waals surface area contributed by atoms with Crippen molar-refractivity contribution in [1.29, 1.82) is 5.26 Å². The molecule has 0 amide bonds. The van der Waals surface area contributed by atoms with Gasteiger partial charge in [-0.25, -0.2) is 0 Å². The molecule has 0 saturated heterocycles. The monoisotopic (exact) mass is 251 g/mol. The van der Waals surface area contributed by atoms with Gasteiger partial charge in [-0.05, 0) is 26.0 Å². The van der Waals surface area contributed by atoms with Crippen molar-refractivity contribution in [2.75, 3.05) is 0 Å². The first kappa shape index (κ1) is 9.54. The number of nitrogens with zero attached hydrogens (tertiary/aromatic N) is 1. The topological polar surface area (TPSA) is 33.0 Å². The first-order chi connectivity index (χ1) is 6.52. The van der Waals surface area contributed by atoms with Gasteiger partial charge in [0, 0.05) is 16.5 Å². The van der Waals surface area contributed by atoms with Crippen LogP contribution in [-0.4, -0.2) is 5.60 Å². The molecule has 0 fully saturated rings. The zero-order valence-electron chi connectivity index (χ0n) is 8.10. The van der Waals surface area contributed by atoms with E-state index >= 15 is 0 Å². The lowest BCUT2D eigenvalue weighted by atomic mass is 10.0. The summed E-state index contributed by atoms with van der Waals surface area (Å²) in [6.45, 7) is 4.06. The molecule has 3 heteroatoms. The summed E-state index contributed by atoms with van der Waals surface area (Å²) >= 11 is 3.39. The van der Waals surface area contributed by atoms with Crippen LogP contribution in [0.25, 0.3) is 0 Å². The third kappa shape index (κ3) is 1.51. The maximum absolute atomic E-state index is 8.95. The van der Waals surface area contributed by atoms with Crippen LogP contribution in [0.4, 0.5) is 0 Å². The Bertz CT molecular complexity index is 432. The molecular formula is C11H10BrNO. The van der Waals surface area contributed by atoms with Gasteiger partial charge in [0.25, 0.3) is 0 Å². The number of ether oxygens (including phenoxy) is 1. The molecular weight excluding hydrogens is 242 g/mol. The number of hydrogen-bond donors (Lipinski definition) is 0. The molecule has 0 unspecified atom stereocenters. The van der Waals surface area contributed by atoms with E-state index < -0.39 is 0 Å².